The van der Waals surface area contributed by atoms with Crippen molar-refractivity contribution in [1.29, 1.82) is 0 Å². The Morgan fingerprint density at radius 1 is 1.30 bits per heavy atom. The number of amides is 2. The van der Waals surface area contributed by atoms with Crippen LogP contribution >= 0.6 is 24.0 Å². The highest BCUT2D eigenvalue weighted by molar-refractivity contribution is 14.0. The van der Waals surface area contributed by atoms with Crippen molar-refractivity contribution < 1.29 is 9.53 Å². The van der Waals surface area contributed by atoms with Gasteiger partial charge >= 0.3 is 6.03 Å². The third-order valence-corrected chi connectivity index (χ3v) is 4.46. The minimum Gasteiger partial charge on any atom is -0.379 e. The summed E-state index contributed by atoms with van der Waals surface area (Å²) in [6.45, 7) is 9.05. The summed E-state index contributed by atoms with van der Waals surface area (Å²) >= 11 is 0. The number of nitrogens with one attached hydrogen (secondary N) is 2. The molecule has 7 heteroatoms. The highest BCUT2D eigenvalue weighted by Crippen LogP contribution is 2.30. The molecule has 0 radical (unpaired) electrons. The standard InChI is InChI=1S/C13H28N4O2.HI/c1-5-13(14,6-2)12(3,16-11(18)15-4)17-7-9-19-10-8-17;/h5-10,14H2,1-4H3,(H2,15,16,18);1H. The molecule has 1 saturated heterocycles. The first-order valence-corrected chi connectivity index (χ1v) is 7.05. The Morgan fingerprint density at radius 2 is 1.80 bits per heavy atom. The molecule has 1 unspecified atom stereocenters. The third kappa shape index (κ3) is 3.96. The molecule has 2 amide bonds. The lowest BCUT2D eigenvalue weighted by Gasteiger charge is -2.53. The van der Waals surface area contributed by atoms with E-state index in [9.17, 15) is 4.79 Å². The van der Waals surface area contributed by atoms with Crippen LogP contribution in [0.1, 0.15) is 33.6 Å². The molecule has 0 saturated carbocycles. The fourth-order valence-electron chi connectivity index (χ4n) is 2.75. The van der Waals surface area contributed by atoms with E-state index in [1.54, 1.807) is 7.05 Å². The molecule has 1 atom stereocenters. The number of morpholine rings is 1. The SMILES string of the molecule is CCC(N)(CC)C(C)(NC(=O)NC)N1CCOCC1.I. The van der Waals surface area contributed by atoms with E-state index in [1.807, 2.05) is 6.92 Å². The highest BCUT2D eigenvalue weighted by Gasteiger charge is 2.48. The van der Waals surface area contributed by atoms with Gasteiger partial charge in [0.25, 0.3) is 0 Å². The van der Waals surface area contributed by atoms with Crippen molar-refractivity contribution in [2.75, 3.05) is 33.4 Å². The number of urea groups is 1. The molecule has 1 fully saturated rings. The van der Waals surface area contributed by atoms with E-state index in [2.05, 4.69) is 29.4 Å². The Hall–Kier alpha value is -0.120. The fraction of sp³-hybridized carbons (Fsp3) is 0.923. The molecular weight excluding hydrogens is 371 g/mol. The number of hydrogen-bond acceptors (Lipinski definition) is 4. The number of nitrogens with zero attached hydrogens (tertiary/aromatic N) is 1. The fourth-order valence-corrected chi connectivity index (χ4v) is 2.75. The smallest absolute Gasteiger partial charge is 0.316 e. The monoisotopic (exact) mass is 400 g/mol. The van der Waals surface area contributed by atoms with Crippen LogP contribution in [0.4, 0.5) is 4.79 Å². The van der Waals surface area contributed by atoms with Crippen molar-refractivity contribution in [3.05, 3.63) is 0 Å². The summed E-state index contributed by atoms with van der Waals surface area (Å²) in [5.74, 6) is 0. The average molecular weight is 400 g/mol. The molecule has 1 rings (SSSR count). The van der Waals surface area contributed by atoms with Crippen LogP contribution in [0.5, 0.6) is 0 Å². The molecular formula is C13H29IN4O2. The van der Waals surface area contributed by atoms with Crippen molar-refractivity contribution in [1.82, 2.24) is 15.5 Å². The molecule has 6 nitrogen and oxygen atoms in total. The van der Waals surface area contributed by atoms with Crippen LogP contribution in [-0.4, -0.2) is 55.5 Å². The molecule has 0 aliphatic carbocycles. The largest absolute Gasteiger partial charge is 0.379 e. The van der Waals surface area contributed by atoms with Crippen molar-refractivity contribution >= 4 is 30.0 Å². The van der Waals surface area contributed by atoms with Crippen molar-refractivity contribution in [3.8, 4) is 0 Å². The van der Waals surface area contributed by atoms with Gasteiger partial charge in [-0.3, -0.25) is 4.90 Å². The van der Waals surface area contributed by atoms with Crippen LogP contribution in [-0.2, 0) is 4.74 Å². The van der Waals surface area contributed by atoms with E-state index in [4.69, 9.17) is 10.5 Å². The lowest BCUT2D eigenvalue weighted by Crippen LogP contribution is -2.76. The number of nitrogens with two attached hydrogens (primary N) is 1. The van der Waals surface area contributed by atoms with E-state index in [0.29, 0.717) is 13.2 Å². The summed E-state index contributed by atoms with van der Waals surface area (Å²) in [6.07, 6.45) is 1.59. The summed E-state index contributed by atoms with van der Waals surface area (Å²) in [5.41, 5.74) is 5.53. The first kappa shape index (κ1) is 19.9. The normalized spacial score (nSPS) is 19.6. The molecule has 20 heavy (non-hydrogen) atoms. The third-order valence-electron chi connectivity index (χ3n) is 4.46. The number of hydrogen-bond donors (Lipinski definition) is 3. The lowest BCUT2D eigenvalue weighted by atomic mass is 9.79. The topological polar surface area (TPSA) is 79.6 Å². The zero-order chi connectivity index (χ0) is 14.5. The van der Waals surface area contributed by atoms with Crippen LogP contribution in [0, 0.1) is 0 Å². The van der Waals surface area contributed by atoms with Gasteiger partial charge in [-0.05, 0) is 19.8 Å². The van der Waals surface area contributed by atoms with Gasteiger partial charge in [0.05, 0.1) is 18.8 Å². The van der Waals surface area contributed by atoms with E-state index in [-0.39, 0.29) is 30.0 Å². The Labute approximate surface area is 139 Å². The predicted molar refractivity (Wildman–Crippen MR) is 91.3 cm³/mol. The Kier molecular flexibility index (Phi) is 8.30. The molecule has 0 bridgehead atoms. The zero-order valence-electron chi connectivity index (χ0n) is 13.0. The van der Waals surface area contributed by atoms with Gasteiger partial charge in [-0.1, -0.05) is 13.8 Å². The average Bonchev–Trinajstić information content (AvgIpc) is 2.46. The number of rotatable bonds is 5. The Balaban J connectivity index is 0.00000361. The first-order chi connectivity index (χ1) is 8.93. The van der Waals surface area contributed by atoms with Gasteiger partial charge < -0.3 is 21.1 Å². The number of halogens is 1. The van der Waals surface area contributed by atoms with Crippen molar-refractivity contribution in [2.45, 2.75) is 44.8 Å². The molecule has 1 heterocycles. The number of carbonyl (C=O) groups is 1. The molecule has 1 aliphatic heterocycles. The van der Waals surface area contributed by atoms with Crippen LogP contribution < -0.4 is 16.4 Å². The summed E-state index contributed by atoms with van der Waals surface area (Å²) in [5, 5.41) is 5.67. The van der Waals surface area contributed by atoms with Gasteiger partial charge in [0.1, 0.15) is 5.66 Å². The lowest BCUT2D eigenvalue weighted by molar-refractivity contribution is -0.0604. The molecule has 0 spiro atoms. The van der Waals surface area contributed by atoms with Gasteiger partial charge in [0.2, 0.25) is 0 Å². The maximum Gasteiger partial charge on any atom is 0.316 e. The van der Waals surface area contributed by atoms with Gasteiger partial charge in [-0.25, -0.2) is 4.79 Å². The summed E-state index contributed by atoms with van der Waals surface area (Å²) in [6, 6.07) is -0.203. The maximum absolute atomic E-state index is 11.8. The molecule has 1 aliphatic rings. The zero-order valence-corrected chi connectivity index (χ0v) is 15.3. The van der Waals surface area contributed by atoms with E-state index < -0.39 is 11.2 Å². The first-order valence-electron chi connectivity index (χ1n) is 7.05. The van der Waals surface area contributed by atoms with E-state index >= 15 is 0 Å². The van der Waals surface area contributed by atoms with Crippen LogP contribution in [0.2, 0.25) is 0 Å². The Bertz CT molecular complexity index is 307. The highest BCUT2D eigenvalue weighted by atomic mass is 127. The van der Waals surface area contributed by atoms with Crippen molar-refractivity contribution in [3.63, 3.8) is 0 Å². The number of ether oxygens (including phenoxy) is 1. The molecule has 0 aromatic carbocycles. The van der Waals surface area contributed by atoms with Crippen molar-refractivity contribution in [2.24, 2.45) is 5.73 Å². The van der Waals surface area contributed by atoms with Crippen LogP contribution in [0.25, 0.3) is 0 Å². The van der Waals surface area contributed by atoms with Gasteiger partial charge in [-0.15, -0.1) is 24.0 Å². The van der Waals surface area contributed by atoms with Gasteiger partial charge in [0, 0.05) is 20.1 Å². The van der Waals surface area contributed by atoms with Gasteiger partial charge in [0.15, 0.2) is 0 Å². The maximum atomic E-state index is 11.8. The molecule has 0 aromatic heterocycles. The molecule has 120 valence electrons. The second kappa shape index (κ2) is 8.35. The minimum absolute atomic E-state index is 0. The van der Waals surface area contributed by atoms with E-state index in [1.165, 1.54) is 0 Å². The second-order valence-electron chi connectivity index (χ2n) is 5.24. The Morgan fingerprint density at radius 3 is 2.20 bits per heavy atom. The molecule has 0 aromatic rings. The summed E-state index contributed by atoms with van der Waals surface area (Å²) in [7, 11) is 1.62. The predicted octanol–water partition coefficient (Wildman–Crippen LogP) is 1.10. The summed E-state index contributed by atoms with van der Waals surface area (Å²) in [4.78, 5) is 14.0. The minimum atomic E-state index is -0.583. The summed E-state index contributed by atoms with van der Waals surface area (Å²) < 4.78 is 5.40. The van der Waals surface area contributed by atoms with Crippen LogP contribution in [0.3, 0.4) is 0 Å². The molecule has 4 N–H and O–H groups in total. The van der Waals surface area contributed by atoms with Crippen LogP contribution in [0.15, 0.2) is 0 Å². The second-order valence-corrected chi connectivity index (χ2v) is 5.24. The quantitative estimate of drug-likeness (QED) is 0.604. The number of carbonyl (C=O) groups excluding carboxylic acids is 1. The van der Waals surface area contributed by atoms with E-state index in [0.717, 1.165) is 25.9 Å². The van der Waals surface area contributed by atoms with Gasteiger partial charge in [-0.2, -0.15) is 0 Å².